The highest BCUT2D eigenvalue weighted by Crippen LogP contribution is 2.33. The van der Waals surface area contributed by atoms with Crippen molar-refractivity contribution in [1.82, 2.24) is 0 Å². The van der Waals surface area contributed by atoms with Crippen molar-refractivity contribution in [2.75, 3.05) is 14.2 Å². The number of carbonyl (C=O) groups excluding carboxylic acids is 1. The van der Waals surface area contributed by atoms with Crippen LogP contribution in [0.2, 0.25) is 0 Å². The van der Waals surface area contributed by atoms with Gasteiger partial charge < -0.3 is 9.47 Å². The summed E-state index contributed by atoms with van der Waals surface area (Å²) >= 11 is 3.31. The first-order valence-electron chi connectivity index (χ1n) is 4.02. The lowest BCUT2D eigenvalue weighted by atomic mass is 10.1. The molecule has 14 heavy (non-hydrogen) atoms. The van der Waals surface area contributed by atoms with Crippen LogP contribution in [0.25, 0.3) is 0 Å². The van der Waals surface area contributed by atoms with Crippen LogP contribution >= 0.6 is 15.9 Å². The molecule has 0 aliphatic heterocycles. The summed E-state index contributed by atoms with van der Waals surface area (Å²) in [7, 11) is 3.08. The molecule has 1 aromatic rings. The van der Waals surface area contributed by atoms with Gasteiger partial charge in [-0.3, -0.25) is 4.79 Å². The first kappa shape index (κ1) is 11.0. The van der Waals surface area contributed by atoms with Gasteiger partial charge in [-0.1, -0.05) is 0 Å². The van der Waals surface area contributed by atoms with E-state index in [0.717, 1.165) is 0 Å². The first-order valence-corrected chi connectivity index (χ1v) is 4.82. The van der Waals surface area contributed by atoms with Gasteiger partial charge in [-0.05, 0) is 35.0 Å². The summed E-state index contributed by atoms with van der Waals surface area (Å²) in [5.41, 5.74) is 0.513. The zero-order valence-electron chi connectivity index (χ0n) is 8.26. The summed E-state index contributed by atoms with van der Waals surface area (Å²) in [5.74, 6) is 1.11. The molecule has 0 aliphatic carbocycles. The maximum absolute atomic E-state index is 11.3. The van der Waals surface area contributed by atoms with Crippen LogP contribution in [-0.2, 0) is 0 Å². The first-order chi connectivity index (χ1) is 6.60. The van der Waals surface area contributed by atoms with Gasteiger partial charge in [0.05, 0.1) is 24.3 Å². The number of hydrogen-bond donors (Lipinski definition) is 0. The maximum Gasteiger partial charge on any atom is 0.163 e. The molecule has 0 unspecified atom stereocenters. The fourth-order valence-electron chi connectivity index (χ4n) is 1.16. The number of ether oxygens (including phenoxy) is 2. The van der Waals surface area contributed by atoms with E-state index in [2.05, 4.69) is 15.9 Å². The minimum absolute atomic E-state index is 0.0542. The average Bonchev–Trinajstić information content (AvgIpc) is 2.16. The third-order valence-electron chi connectivity index (χ3n) is 1.84. The van der Waals surface area contributed by atoms with Gasteiger partial charge in [-0.25, -0.2) is 0 Å². The number of methoxy groups -OCH3 is 2. The number of carbonyl (C=O) groups is 1. The molecule has 0 bridgehead atoms. The molecule has 0 amide bonds. The van der Waals surface area contributed by atoms with Crippen molar-refractivity contribution < 1.29 is 14.3 Å². The summed E-state index contributed by atoms with van der Waals surface area (Å²) in [5, 5.41) is 0. The van der Waals surface area contributed by atoms with E-state index in [9.17, 15) is 4.79 Å². The van der Waals surface area contributed by atoms with Crippen molar-refractivity contribution in [3.8, 4) is 11.5 Å². The third kappa shape index (κ3) is 2.07. The highest BCUT2D eigenvalue weighted by atomic mass is 79.9. The smallest absolute Gasteiger partial charge is 0.163 e. The van der Waals surface area contributed by atoms with Gasteiger partial charge in [0.25, 0.3) is 0 Å². The molecule has 0 aliphatic rings. The molecule has 0 radical (unpaired) electrons. The Kier molecular flexibility index (Phi) is 3.52. The zero-order valence-corrected chi connectivity index (χ0v) is 9.84. The topological polar surface area (TPSA) is 35.5 Å². The van der Waals surface area contributed by atoms with Crippen molar-refractivity contribution in [2.24, 2.45) is 0 Å². The van der Waals surface area contributed by atoms with E-state index in [1.807, 2.05) is 0 Å². The fourth-order valence-corrected chi connectivity index (χ4v) is 1.76. The monoisotopic (exact) mass is 258 g/mol. The second-order valence-electron chi connectivity index (χ2n) is 2.75. The SMILES string of the molecule is COc1cc(Br)c(OC)c(C(C)=O)c1. The van der Waals surface area contributed by atoms with Crippen molar-refractivity contribution >= 4 is 21.7 Å². The molecule has 0 spiro atoms. The highest BCUT2D eigenvalue weighted by molar-refractivity contribution is 9.10. The molecule has 0 N–H and O–H groups in total. The summed E-state index contributed by atoms with van der Waals surface area (Å²) in [4.78, 5) is 11.3. The van der Waals surface area contributed by atoms with Crippen LogP contribution in [0.5, 0.6) is 11.5 Å². The van der Waals surface area contributed by atoms with Gasteiger partial charge in [0.15, 0.2) is 5.78 Å². The van der Waals surface area contributed by atoms with Crippen LogP contribution in [0.3, 0.4) is 0 Å². The number of ketones is 1. The lowest BCUT2D eigenvalue weighted by Crippen LogP contribution is -1.99. The highest BCUT2D eigenvalue weighted by Gasteiger charge is 2.13. The molecule has 0 aromatic heterocycles. The Morgan fingerprint density at radius 3 is 2.36 bits per heavy atom. The minimum atomic E-state index is -0.0542. The van der Waals surface area contributed by atoms with Crippen LogP contribution in [0.1, 0.15) is 17.3 Å². The van der Waals surface area contributed by atoms with Gasteiger partial charge in [0.1, 0.15) is 11.5 Å². The van der Waals surface area contributed by atoms with Crippen molar-refractivity contribution in [1.29, 1.82) is 0 Å². The van der Waals surface area contributed by atoms with E-state index >= 15 is 0 Å². The third-order valence-corrected chi connectivity index (χ3v) is 2.43. The normalized spacial score (nSPS) is 9.71. The average molecular weight is 259 g/mol. The number of benzene rings is 1. The molecule has 0 saturated heterocycles. The molecule has 0 saturated carbocycles. The molecule has 0 heterocycles. The van der Waals surface area contributed by atoms with Crippen molar-refractivity contribution in [3.05, 3.63) is 22.2 Å². The Labute approximate surface area is 91.1 Å². The number of rotatable bonds is 3. The van der Waals surface area contributed by atoms with Gasteiger partial charge in [-0.15, -0.1) is 0 Å². The largest absolute Gasteiger partial charge is 0.497 e. The fraction of sp³-hybridized carbons (Fsp3) is 0.300. The second-order valence-corrected chi connectivity index (χ2v) is 3.60. The van der Waals surface area contributed by atoms with Crippen LogP contribution in [0, 0.1) is 0 Å². The number of Topliss-reactive ketones (excluding diaryl/α,β-unsaturated/α-hetero) is 1. The number of hydrogen-bond acceptors (Lipinski definition) is 3. The van der Waals surface area contributed by atoms with E-state index in [0.29, 0.717) is 21.5 Å². The molecule has 3 nitrogen and oxygen atoms in total. The van der Waals surface area contributed by atoms with Crippen LogP contribution in [0.15, 0.2) is 16.6 Å². The quantitative estimate of drug-likeness (QED) is 0.783. The molecule has 1 rings (SSSR count). The van der Waals surface area contributed by atoms with Crippen molar-refractivity contribution in [2.45, 2.75) is 6.92 Å². The van der Waals surface area contributed by atoms with Gasteiger partial charge in [0.2, 0.25) is 0 Å². The van der Waals surface area contributed by atoms with E-state index in [1.165, 1.54) is 14.0 Å². The molecule has 4 heteroatoms. The lowest BCUT2D eigenvalue weighted by molar-refractivity contribution is 0.101. The summed E-state index contributed by atoms with van der Waals surface area (Å²) < 4.78 is 10.9. The molecular weight excluding hydrogens is 248 g/mol. The summed E-state index contributed by atoms with van der Waals surface area (Å²) in [6, 6.07) is 3.41. The van der Waals surface area contributed by atoms with Gasteiger partial charge in [-0.2, -0.15) is 0 Å². The molecular formula is C10H11BrO3. The minimum Gasteiger partial charge on any atom is -0.497 e. The number of halogens is 1. The summed E-state index contributed by atoms with van der Waals surface area (Å²) in [6.07, 6.45) is 0. The van der Waals surface area contributed by atoms with Crippen LogP contribution in [-0.4, -0.2) is 20.0 Å². The molecule has 1 aromatic carbocycles. The predicted octanol–water partition coefficient (Wildman–Crippen LogP) is 2.67. The Balaban J connectivity index is 3.35. The van der Waals surface area contributed by atoms with Gasteiger partial charge >= 0.3 is 0 Å². The van der Waals surface area contributed by atoms with Crippen molar-refractivity contribution in [3.63, 3.8) is 0 Å². The van der Waals surface area contributed by atoms with E-state index in [4.69, 9.17) is 9.47 Å². The van der Waals surface area contributed by atoms with Crippen LogP contribution < -0.4 is 9.47 Å². The zero-order chi connectivity index (χ0) is 10.7. The Hall–Kier alpha value is -1.03. The predicted molar refractivity (Wildman–Crippen MR) is 57.3 cm³/mol. The van der Waals surface area contributed by atoms with E-state index in [1.54, 1.807) is 19.2 Å². The Morgan fingerprint density at radius 1 is 1.29 bits per heavy atom. The molecule has 76 valence electrons. The Bertz CT molecular complexity index is 361. The van der Waals surface area contributed by atoms with E-state index in [-0.39, 0.29) is 5.78 Å². The second kappa shape index (κ2) is 4.46. The molecule has 0 fully saturated rings. The lowest BCUT2D eigenvalue weighted by Gasteiger charge is -2.10. The standard InChI is InChI=1S/C10H11BrO3/c1-6(12)8-4-7(13-2)5-9(11)10(8)14-3/h4-5H,1-3H3. The summed E-state index contributed by atoms with van der Waals surface area (Å²) in [6.45, 7) is 1.49. The Morgan fingerprint density at radius 2 is 1.93 bits per heavy atom. The maximum atomic E-state index is 11.3. The van der Waals surface area contributed by atoms with Crippen LogP contribution in [0.4, 0.5) is 0 Å². The van der Waals surface area contributed by atoms with Gasteiger partial charge in [0, 0.05) is 0 Å². The van der Waals surface area contributed by atoms with E-state index < -0.39 is 0 Å². The molecule has 0 atom stereocenters.